The number of H-pyrrole nitrogens is 1. The van der Waals surface area contributed by atoms with Gasteiger partial charge in [0.1, 0.15) is 0 Å². The van der Waals surface area contributed by atoms with Crippen molar-refractivity contribution in [1.82, 2.24) is 4.98 Å². The summed E-state index contributed by atoms with van der Waals surface area (Å²) in [5.41, 5.74) is 0.162. The highest BCUT2D eigenvalue weighted by Gasteiger charge is 2.69. The van der Waals surface area contributed by atoms with E-state index >= 15 is 0 Å². The third kappa shape index (κ3) is 3.00. The number of carbonyl (C=O) groups excluding carboxylic acids is 2. The van der Waals surface area contributed by atoms with Gasteiger partial charge in [0.25, 0.3) is 0 Å². The number of aromatic nitrogens is 1. The minimum Gasteiger partial charge on any atom is -0.307 e. The average molecular weight is 529 g/mol. The highest BCUT2D eigenvalue weighted by atomic mass is 32.2. The fourth-order valence-electron chi connectivity index (χ4n) is 7.13. The summed E-state index contributed by atoms with van der Waals surface area (Å²) >= 11 is 2.79. The summed E-state index contributed by atoms with van der Waals surface area (Å²) in [6, 6.07) is 14.4. The van der Waals surface area contributed by atoms with Crippen LogP contribution in [0.3, 0.4) is 0 Å². The Kier molecular flexibility index (Phi) is 4.71. The van der Waals surface area contributed by atoms with E-state index in [1.54, 1.807) is 11.8 Å². The highest BCUT2D eigenvalue weighted by molar-refractivity contribution is 8.00. The number of thioether (sulfide) groups is 1. The number of fused-ring (bicyclic) bond motifs is 9. The summed E-state index contributed by atoms with van der Waals surface area (Å²) in [6.07, 6.45) is -3.84. The SMILES string of the molecule is O=C1C2C3CC(C2C(=O)N1c1cccc(C(F)(F)F)c1)C1C(c2ccccc2)c2sc(=O)[nH]c2SC31. The van der Waals surface area contributed by atoms with E-state index in [0.29, 0.717) is 0 Å². The monoisotopic (exact) mass is 528 g/mol. The third-order valence-electron chi connectivity index (χ3n) is 8.31. The van der Waals surface area contributed by atoms with Crippen molar-refractivity contribution >= 4 is 40.6 Å². The summed E-state index contributed by atoms with van der Waals surface area (Å²) in [5, 5.41) is 0.869. The molecule has 2 amide bonds. The van der Waals surface area contributed by atoms with Gasteiger partial charge in [-0.05, 0) is 47.9 Å². The van der Waals surface area contributed by atoms with Crippen molar-refractivity contribution in [1.29, 1.82) is 0 Å². The van der Waals surface area contributed by atoms with Crippen LogP contribution in [0, 0.1) is 29.6 Å². The summed E-state index contributed by atoms with van der Waals surface area (Å²) < 4.78 is 40.0. The largest absolute Gasteiger partial charge is 0.416 e. The molecule has 7 rings (SSSR count). The number of nitrogens with one attached hydrogen (secondary N) is 1. The first kappa shape index (κ1) is 22.4. The molecule has 2 aliphatic carbocycles. The number of aromatic amines is 1. The lowest BCUT2D eigenvalue weighted by atomic mass is 9.68. The number of halogens is 3. The van der Waals surface area contributed by atoms with Crippen LogP contribution < -0.4 is 9.77 Å². The minimum atomic E-state index is -4.57. The molecule has 7 atom stereocenters. The Balaban J connectivity index is 1.30. The van der Waals surface area contributed by atoms with Crippen LogP contribution in [-0.2, 0) is 15.8 Å². The van der Waals surface area contributed by atoms with E-state index < -0.39 is 35.4 Å². The molecule has 7 unspecified atom stereocenters. The number of amides is 2. The van der Waals surface area contributed by atoms with Gasteiger partial charge >= 0.3 is 11.0 Å². The highest BCUT2D eigenvalue weighted by Crippen LogP contribution is 2.68. The first-order chi connectivity index (χ1) is 17.2. The molecule has 2 aromatic carbocycles. The molecule has 4 aliphatic rings. The van der Waals surface area contributed by atoms with Gasteiger partial charge < -0.3 is 4.98 Å². The maximum Gasteiger partial charge on any atom is 0.416 e. The first-order valence-corrected chi connectivity index (χ1v) is 13.4. The molecule has 2 saturated carbocycles. The molecule has 3 fully saturated rings. The molecule has 0 radical (unpaired) electrons. The maximum atomic E-state index is 13.7. The molecule has 0 spiro atoms. The quantitative estimate of drug-likeness (QED) is 0.468. The number of thiazole rings is 1. The van der Waals surface area contributed by atoms with Crippen molar-refractivity contribution < 1.29 is 22.8 Å². The molecule has 3 aromatic rings. The smallest absolute Gasteiger partial charge is 0.307 e. The second-order valence-electron chi connectivity index (χ2n) is 9.93. The lowest BCUT2D eigenvalue weighted by Crippen LogP contribution is -2.42. The molecular weight excluding hydrogens is 509 g/mol. The van der Waals surface area contributed by atoms with Crippen LogP contribution >= 0.6 is 23.1 Å². The molecule has 3 heterocycles. The van der Waals surface area contributed by atoms with Gasteiger partial charge in [0, 0.05) is 16.0 Å². The van der Waals surface area contributed by atoms with Gasteiger partial charge in [-0.15, -0.1) is 11.8 Å². The Morgan fingerprint density at radius 3 is 2.36 bits per heavy atom. The molecule has 1 aromatic heterocycles. The molecule has 2 aliphatic heterocycles. The molecule has 1 saturated heterocycles. The van der Waals surface area contributed by atoms with Gasteiger partial charge in [-0.25, -0.2) is 0 Å². The molecular formula is C26H19F3N2O3S2. The number of hydrogen-bond donors (Lipinski definition) is 1. The third-order valence-corrected chi connectivity index (χ3v) is 10.9. The lowest BCUT2D eigenvalue weighted by Gasteiger charge is -2.43. The van der Waals surface area contributed by atoms with Crippen LogP contribution in [0.1, 0.15) is 28.3 Å². The number of hydrogen-bond acceptors (Lipinski definition) is 5. The summed E-state index contributed by atoms with van der Waals surface area (Å²) in [6.45, 7) is 0. The fourth-order valence-corrected chi connectivity index (χ4v) is 10.0. The van der Waals surface area contributed by atoms with E-state index in [9.17, 15) is 27.6 Å². The number of carbonyl (C=O) groups is 2. The molecule has 5 nitrogen and oxygen atoms in total. The van der Waals surface area contributed by atoms with Crippen molar-refractivity contribution in [2.45, 2.75) is 28.8 Å². The molecule has 10 heteroatoms. The van der Waals surface area contributed by atoms with E-state index in [-0.39, 0.29) is 39.5 Å². The lowest BCUT2D eigenvalue weighted by molar-refractivity contribution is -0.137. The number of rotatable bonds is 2. The summed E-state index contributed by atoms with van der Waals surface area (Å²) in [4.78, 5) is 44.3. The van der Waals surface area contributed by atoms with Gasteiger partial charge in [-0.3, -0.25) is 19.3 Å². The predicted molar refractivity (Wildman–Crippen MR) is 129 cm³/mol. The van der Waals surface area contributed by atoms with Crippen LogP contribution in [0.25, 0.3) is 0 Å². The Morgan fingerprint density at radius 2 is 1.64 bits per heavy atom. The second kappa shape index (κ2) is 7.58. The average Bonchev–Trinajstić information content (AvgIpc) is 3.58. The van der Waals surface area contributed by atoms with E-state index in [0.717, 1.165) is 38.9 Å². The van der Waals surface area contributed by atoms with Crippen LogP contribution in [0.5, 0.6) is 0 Å². The number of nitrogens with zero attached hydrogens (tertiary/aromatic N) is 1. The predicted octanol–water partition coefficient (Wildman–Crippen LogP) is 5.13. The fraction of sp³-hybridized carbons (Fsp3) is 0.346. The number of benzene rings is 2. The normalized spacial score (nSPS) is 32.5. The first-order valence-electron chi connectivity index (χ1n) is 11.7. The number of anilines is 1. The van der Waals surface area contributed by atoms with Crippen molar-refractivity contribution in [2.75, 3.05) is 4.90 Å². The van der Waals surface area contributed by atoms with Crippen molar-refractivity contribution in [2.24, 2.45) is 29.6 Å². The van der Waals surface area contributed by atoms with Crippen LogP contribution in [0.2, 0.25) is 0 Å². The Hall–Kier alpha value is -2.85. The van der Waals surface area contributed by atoms with E-state index in [1.807, 2.05) is 30.3 Å². The zero-order valence-electron chi connectivity index (χ0n) is 18.6. The van der Waals surface area contributed by atoms with Crippen LogP contribution in [0.15, 0.2) is 64.4 Å². The van der Waals surface area contributed by atoms with Crippen LogP contribution in [0.4, 0.5) is 18.9 Å². The van der Waals surface area contributed by atoms with Crippen molar-refractivity contribution in [3.63, 3.8) is 0 Å². The summed E-state index contributed by atoms with van der Waals surface area (Å²) in [5.74, 6) is -2.09. The zero-order valence-corrected chi connectivity index (χ0v) is 20.2. The summed E-state index contributed by atoms with van der Waals surface area (Å²) in [7, 11) is 0. The standard InChI is InChI=1S/C26H19F3N2O3S2/c27-26(28,29)12-7-4-8-13(9-12)31-23(32)18-14-10-15(19(18)24(31)33)20-17(14)16(11-5-2-1-3-6-11)21-22(35-20)30-25(34)36-21/h1-9,14-20H,10H2,(H,30,34). The Labute approximate surface area is 211 Å². The Morgan fingerprint density at radius 1 is 0.917 bits per heavy atom. The Bertz CT molecular complexity index is 1470. The maximum absolute atomic E-state index is 13.7. The van der Waals surface area contributed by atoms with E-state index in [4.69, 9.17) is 0 Å². The number of imide groups is 1. The van der Waals surface area contributed by atoms with E-state index in [1.165, 1.54) is 23.5 Å². The van der Waals surface area contributed by atoms with Crippen LogP contribution in [-0.4, -0.2) is 22.0 Å². The van der Waals surface area contributed by atoms with E-state index in [2.05, 4.69) is 4.98 Å². The molecule has 36 heavy (non-hydrogen) atoms. The molecule has 1 N–H and O–H groups in total. The van der Waals surface area contributed by atoms with Gasteiger partial charge in [-0.2, -0.15) is 13.2 Å². The van der Waals surface area contributed by atoms with Gasteiger partial charge in [0.15, 0.2) is 0 Å². The van der Waals surface area contributed by atoms with Crippen molar-refractivity contribution in [3.05, 3.63) is 80.3 Å². The minimum absolute atomic E-state index is 0.0210. The van der Waals surface area contributed by atoms with Gasteiger partial charge in [0.05, 0.1) is 28.1 Å². The zero-order chi connectivity index (χ0) is 24.9. The van der Waals surface area contributed by atoms with Crippen molar-refractivity contribution in [3.8, 4) is 0 Å². The molecule has 2 bridgehead atoms. The second-order valence-corrected chi connectivity index (χ2v) is 12.1. The number of alkyl halides is 3. The molecule has 184 valence electrons. The van der Waals surface area contributed by atoms with Gasteiger partial charge in [-0.1, -0.05) is 47.7 Å². The topological polar surface area (TPSA) is 70.2 Å². The van der Waals surface area contributed by atoms with Gasteiger partial charge in [0.2, 0.25) is 11.8 Å².